The minimum absolute atomic E-state index is 0. The predicted octanol–water partition coefficient (Wildman–Crippen LogP) is 7.59. The van der Waals surface area contributed by atoms with E-state index in [-0.39, 0.29) is 31.6 Å². The maximum Gasteiger partial charge on any atom is 0.155 e. The molecule has 0 atom stereocenters. The number of allylic oxidation sites excluding steroid dienone is 2. The Morgan fingerprint density at radius 3 is 2.55 bits per heavy atom. The topological polar surface area (TPSA) is 50.2 Å². The summed E-state index contributed by atoms with van der Waals surface area (Å²) in [5.41, 5.74) is 5.67. The van der Waals surface area contributed by atoms with Gasteiger partial charge in [-0.1, -0.05) is 53.9 Å². The fourth-order valence-electron chi connectivity index (χ4n) is 4.10. The Bertz CT molecular complexity index is 1580. The van der Waals surface area contributed by atoms with E-state index in [0.29, 0.717) is 0 Å². The molecule has 33 heavy (non-hydrogen) atoms. The smallest absolute Gasteiger partial charge is 0.155 e. The average Bonchev–Trinajstić information content (AvgIpc) is 3.36. The van der Waals surface area contributed by atoms with Crippen molar-refractivity contribution in [3.8, 4) is 11.3 Å². The third-order valence-corrected chi connectivity index (χ3v) is 6.55. The molecule has 1 N–H and O–H groups in total. The Kier molecular flexibility index (Phi) is 6.57. The van der Waals surface area contributed by atoms with Crippen molar-refractivity contribution in [2.75, 3.05) is 0 Å². The van der Waals surface area contributed by atoms with Crippen LogP contribution in [0.5, 0.6) is 0 Å². The SMILES string of the molecule is CC(=O)/C=C(/C)O.[Ir].[c-]1ccc2c(sc3ccccc32)c1-c1cc2c3c(cccc3n1)C=C2. The quantitative estimate of drug-likeness (QED) is 0.122. The molecule has 1 aliphatic carbocycles. The van der Waals surface area contributed by atoms with E-state index < -0.39 is 0 Å². The summed E-state index contributed by atoms with van der Waals surface area (Å²) in [5, 5.41) is 12.2. The number of pyridine rings is 1. The summed E-state index contributed by atoms with van der Waals surface area (Å²) in [7, 11) is 0. The van der Waals surface area contributed by atoms with Crippen LogP contribution in [-0.4, -0.2) is 15.9 Å². The molecule has 5 aromatic rings. The standard InChI is InChI=1S/C23H12NS.C5H8O2.Ir/c1-2-10-21-16(6-1)17-7-4-8-18(23(17)25-21)20-13-15-12-11-14-5-3-9-19(24-20)22(14)15;1-4(6)3-5(2)7;/h1-7,9-13H;3,6H,1-2H3;/q-1;;/b;4-3-;. The van der Waals surface area contributed by atoms with Crippen LogP contribution in [-0.2, 0) is 24.9 Å². The molecular weight excluding hydrogens is 607 g/mol. The van der Waals surface area contributed by atoms with Gasteiger partial charge in [0.2, 0.25) is 0 Å². The predicted molar refractivity (Wildman–Crippen MR) is 135 cm³/mol. The van der Waals surface area contributed by atoms with E-state index in [9.17, 15) is 4.79 Å². The monoisotopic (exact) mass is 627 g/mol. The van der Waals surface area contributed by atoms with E-state index >= 15 is 0 Å². The van der Waals surface area contributed by atoms with E-state index in [4.69, 9.17) is 10.1 Å². The van der Waals surface area contributed by atoms with Gasteiger partial charge in [-0.2, -0.15) is 11.3 Å². The summed E-state index contributed by atoms with van der Waals surface area (Å²) in [6.07, 6.45) is 5.53. The Morgan fingerprint density at radius 2 is 1.79 bits per heavy atom. The van der Waals surface area contributed by atoms with Gasteiger partial charge in [0.05, 0.1) is 11.3 Å². The second kappa shape index (κ2) is 9.40. The number of aromatic nitrogens is 1. The summed E-state index contributed by atoms with van der Waals surface area (Å²) < 4.78 is 2.58. The summed E-state index contributed by atoms with van der Waals surface area (Å²) >= 11 is 1.83. The first-order chi connectivity index (χ1) is 15.5. The number of nitrogens with zero attached hydrogens (tertiary/aromatic N) is 1. The Morgan fingerprint density at radius 1 is 1.00 bits per heavy atom. The van der Waals surface area contributed by atoms with Crippen LogP contribution >= 0.6 is 11.3 Å². The molecule has 3 nitrogen and oxygen atoms in total. The largest absolute Gasteiger partial charge is 0.512 e. The van der Waals surface area contributed by atoms with Gasteiger partial charge in [-0.25, -0.2) is 0 Å². The Labute approximate surface area is 209 Å². The molecule has 0 fully saturated rings. The molecule has 0 saturated carbocycles. The number of rotatable bonds is 2. The maximum atomic E-state index is 10.0. The number of carbonyl (C=O) groups is 1. The number of benzene rings is 3. The third kappa shape index (κ3) is 4.40. The van der Waals surface area contributed by atoms with E-state index in [1.165, 1.54) is 56.6 Å². The number of aliphatic hydroxyl groups is 1. The number of carbonyl (C=O) groups excluding carboxylic acids is 1. The molecular formula is C28H20IrNO2S-. The van der Waals surface area contributed by atoms with Crippen LogP contribution in [0, 0.1) is 6.07 Å². The summed E-state index contributed by atoms with van der Waals surface area (Å²) in [4.78, 5) is 15.0. The molecule has 0 aliphatic heterocycles. The Hall–Kier alpha value is -3.11. The van der Waals surface area contributed by atoms with Crippen molar-refractivity contribution in [3.05, 3.63) is 89.7 Å². The van der Waals surface area contributed by atoms with Crippen molar-refractivity contribution >= 4 is 60.3 Å². The van der Waals surface area contributed by atoms with E-state index in [0.717, 1.165) is 16.8 Å². The Balaban J connectivity index is 0.000000287. The molecule has 3 aromatic carbocycles. The molecule has 2 aromatic heterocycles. The van der Waals surface area contributed by atoms with Gasteiger partial charge in [0.25, 0.3) is 0 Å². The fourth-order valence-corrected chi connectivity index (χ4v) is 5.31. The zero-order chi connectivity index (χ0) is 22.2. The van der Waals surface area contributed by atoms with Crippen LogP contribution in [0.1, 0.15) is 25.0 Å². The molecule has 1 aliphatic rings. The van der Waals surface area contributed by atoms with Gasteiger partial charge in [-0.15, -0.1) is 23.8 Å². The van der Waals surface area contributed by atoms with Crippen LogP contribution in [0.15, 0.2) is 72.5 Å². The normalized spacial score (nSPS) is 12.0. The number of hydrogen-bond acceptors (Lipinski definition) is 4. The molecule has 0 amide bonds. The van der Waals surface area contributed by atoms with E-state index in [2.05, 4.69) is 72.8 Å². The van der Waals surface area contributed by atoms with Crippen molar-refractivity contribution in [1.82, 2.24) is 4.98 Å². The van der Waals surface area contributed by atoms with Crippen molar-refractivity contribution in [2.24, 2.45) is 0 Å². The van der Waals surface area contributed by atoms with Crippen molar-refractivity contribution in [2.45, 2.75) is 13.8 Å². The number of fused-ring (bicyclic) bond motifs is 3. The molecule has 6 rings (SSSR count). The van der Waals surface area contributed by atoms with Gasteiger partial charge in [-0.3, -0.25) is 9.78 Å². The van der Waals surface area contributed by atoms with Gasteiger partial charge >= 0.3 is 0 Å². The van der Waals surface area contributed by atoms with Gasteiger partial charge in [0, 0.05) is 36.3 Å². The molecule has 0 spiro atoms. The van der Waals surface area contributed by atoms with Crippen molar-refractivity contribution < 1.29 is 30.0 Å². The number of ketones is 1. The molecule has 2 heterocycles. The average molecular weight is 627 g/mol. The van der Waals surface area contributed by atoms with E-state index in [1.54, 1.807) is 0 Å². The van der Waals surface area contributed by atoms with Crippen LogP contribution in [0.25, 0.3) is 54.5 Å². The minimum atomic E-state index is -0.125. The van der Waals surface area contributed by atoms with E-state index in [1.807, 2.05) is 17.4 Å². The van der Waals surface area contributed by atoms with Crippen LogP contribution in [0.3, 0.4) is 0 Å². The van der Waals surface area contributed by atoms with Gasteiger partial charge < -0.3 is 5.11 Å². The summed E-state index contributed by atoms with van der Waals surface area (Å²) in [5.74, 6) is -0.0625. The van der Waals surface area contributed by atoms with Crippen LogP contribution in [0.2, 0.25) is 0 Å². The molecule has 5 heteroatoms. The molecule has 0 bridgehead atoms. The number of hydrogen-bond donors (Lipinski definition) is 1. The first-order valence-corrected chi connectivity index (χ1v) is 11.1. The van der Waals surface area contributed by atoms with Crippen LogP contribution < -0.4 is 0 Å². The van der Waals surface area contributed by atoms with Crippen molar-refractivity contribution in [3.63, 3.8) is 0 Å². The van der Waals surface area contributed by atoms with Gasteiger partial charge in [0.15, 0.2) is 5.78 Å². The second-order valence-electron chi connectivity index (χ2n) is 7.76. The maximum absolute atomic E-state index is 10.0. The zero-order valence-electron chi connectivity index (χ0n) is 18.0. The first kappa shape index (κ1) is 23.1. The minimum Gasteiger partial charge on any atom is -0.512 e. The zero-order valence-corrected chi connectivity index (χ0v) is 21.3. The van der Waals surface area contributed by atoms with Gasteiger partial charge in [0.1, 0.15) is 0 Å². The molecule has 165 valence electrons. The fraction of sp³-hybridized carbons (Fsp3) is 0.0714. The summed E-state index contributed by atoms with van der Waals surface area (Å²) in [6, 6.07) is 24.7. The first-order valence-electron chi connectivity index (χ1n) is 10.3. The second-order valence-corrected chi connectivity index (χ2v) is 8.81. The van der Waals surface area contributed by atoms with Gasteiger partial charge in [-0.05, 0) is 52.9 Å². The third-order valence-electron chi connectivity index (χ3n) is 5.35. The molecule has 0 saturated heterocycles. The number of thiophene rings is 1. The van der Waals surface area contributed by atoms with Crippen LogP contribution in [0.4, 0.5) is 0 Å². The van der Waals surface area contributed by atoms with Crippen molar-refractivity contribution in [1.29, 1.82) is 0 Å². The number of aliphatic hydroxyl groups excluding tert-OH is 1. The molecule has 0 unspecified atom stereocenters. The molecule has 1 radical (unpaired) electrons. The summed E-state index contributed by atoms with van der Waals surface area (Å²) in [6.45, 7) is 2.85.